The normalized spacial score (nSPS) is 11.7. The zero-order valence-corrected chi connectivity index (χ0v) is 17.8. The first kappa shape index (κ1) is 21.1. The molecule has 4 rings (SSSR count). The molecule has 3 aromatic carbocycles. The van der Waals surface area contributed by atoms with Crippen LogP contribution in [0.4, 0.5) is 5.82 Å². The molecule has 1 atom stereocenters. The van der Waals surface area contributed by atoms with E-state index in [-0.39, 0.29) is 0 Å². The summed E-state index contributed by atoms with van der Waals surface area (Å²) >= 11 is 0. The van der Waals surface area contributed by atoms with Crippen molar-refractivity contribution in [2.45, 2.75) is 20.0 Å². The molecule has 2 N–H and O–H groups in total. The minimum atomic E-state index is -1.07. The smallest absolute Gasteiger partial charge is 0.303 e. The standard InChI is InChI=1S/C25H23N3O4/c1-3-31-22-12-8-7-11-19(22)18-13-14-20-21(15-18)27-28-24(20)26-25(30)23(32-16(2)29)17-9-5-4-6-10-17/h4-15,23H,3H2,1-2H3,(H2,26,27,28,30). The van der Waals surface area contributed by atoms with Gasteiger partial charge in [-0.2, -0.15) is 5.10 Å². The Hall–Kier alpha value is -4.13. The van der Waals surface area contributed by atoms with Gasteiger partial charge >= 0.3 is 5.97 Å². The Bertz CT molecular complexity index is 1250. The van der Waals surface area contributed by atoms with Crippen molar-refractivity contribution >= 4 is 28.6 Å². The Morgan fingerprint density at radius 1 is 1.03 bits per heavy atom. The quantitative estimate of drug-likeness (QED) is 0.409. The van der Waals surface area contributed by atoms with Crippen LogP contribution in [0, 0.1) is 0 Å². The van der Waals surface area contributed by atoms with Gasteiger partial charge in [0.2, 0.25) is 6.10 Å². The van der Waals surface area contributed by atoms with Crippen LogP contribution in [-0.4, -0.2) is 28.7 Å². The van der Waals surface area contributed by atoms with Gasteiger partial charge in [-0.3, -0.25) is 14.7 Å². The molecule has 0 aliphatic carbocycles. The van der Waals surface area contributed by atoms with Crippen molar-refractivity contribution in [1.29, 1.82) is 0 Å². The Morgan fingerprint density at radius 2 is 1.78 bits per heavy atom. The number of fused-ring (bicyclic) bond motifs is 1. The lowest BCUT2D eigenvalue weighted by atomic mass is 10.0. The van der Waals surface area contributed by atoms with Gasteiger partial charge < -0.3 is 14.8 Å². The van der Waals surface area contributed by atoms with Crippen molar-refractivity contribution in [2.24, 2.45) is 0 Å². The number of benzene rings is 3. The highest BCUT2D eigenvalue weighted by atomic mass is 16.5. The van der Waals surface area contributed by atoms with Crippen molar-refractivity contribution in [3.8, 4) is 16.9 Å². The molecule has 1 unspecified atom stereocenters. The molecule has 0 radical (unpaired) electrons. The number of anilines is 1. The molecule has 7 heteroatoms. The van der Waals surface area contributed by atoms with E-state index in [2.05, 4.69) is 15.5 Å². The van der Waals surface area contributed by atoms with E-state index in [0.29, 0.717) is 18.0 Å². The molecular weight excluding hydrogens is 406 g/mol. The molecule has 0 bridgehead atoms. The van der Waals surface area contributed by atoms with E-state index >= 15 is 0 Å². The van der Waals surface area contributed by atoms with Crippen LogP contribution >= 0.6 is 0 Å². The molecule has 4 aromatic rings. The molecule has 32 heavy (non-hydrogen) atoms. The van der Waals surface area contributed by atoms with E-state index in [0.717, 1.165) is 27.8 Å². The highest BCUT2D eigenvalue weighted by Gasteiger charge is 2.25. The lowest BCUT2D eigenvalue weighted by Crippen LogP contribution is -2.25. The van der Waals surface area contributed by atoms with Gasteiger partial charge in [0.15, 0.2) is 5.82 Å². The fourth-order valence-electron chi connectivity index (χ4n) is 3.52. The number of rotatable bonds is 7. The topological polar surface area (TPSA) is 93.3 Å². The zero-order chi connectivity index (χ0) is 22.5. The van der Waals surface area contributed by atoms with Crippen LogP contribution in [0.15, 0.2) is 72.8 Å². The second-order valence-electron chi connectivity index (χ2n) is 7.15. The molecular formula is C25H23N3O4. The zero-order valence-electron chi connectivity index (χ0n) is 17.8. The first-order valence-electron chi connectivity index (χ1n) is 10.3. The van der Waals surface area contributed by atoms with Gasteiger partial charge in [0.25, 0.3) is 5.91 Å². The van der Waals surface area contributed by atoms with Crippen LogP contribution < -0.4 is 10.1 Å². The number of carbonyl (C=O) groups excluding carboxylic acids is 2. The molecule has 1 aromatic heterocycles. The van der Waals surface area contributed by atoms with Gasteiger partial charge in [-0.15, -0.1) is 0 Å². The van der Waals surface area contributed by atoms with E-state index in [1.54, 1.807) is 24.3 Å². The number of aromatic nitrogens is 2. The number of nitrogens with one attached hydrogen (secondary N) is 2. The number of H-pyrrole nitrogens is 1. The maximum absolute atomic E-state index is 12.9. The molecule has 1 heterocycles. The summed E-state index contributed by atoms with van der Waals surface area (Å²) in [4.78, 5) is 24.5. The maximum Gasteiger partial charge on any atom is 0.303 e. The van der Waals surface area contributed by atoms with Crippen LogP contribution in [0.5, 0.6) is 5.75 Å². The molecule has 0 aliphatic heterocycles. The Balaban J connectivity index is 1.62. The van der Waals surface area contributed by atoms with Crippen LogP contribution in [0.2, 0.25) is 0 Å². The first-order chi connectivity index (χ1) is 15.6. The van der Waals surface area contributed by atoms with Gasteiger partial charge in [-0.05, 0) is 30.7 Å². The predicted molar refractivity (Wildman–Crippen MR) is 122 cm³/mol. The van der Waals surface area contributed by atoms with E-state index in [1.165, 1.54) is 6.92 Å². The number of aromatic amines is 1. The molecule has 0 saturated heterocycles. The SMILES string of the molecule is CCOc1ccccc1-c1ccc2c(NC(=O)C(OC(C)=O)c3ccccc3)n[nH]c2c1. The summed E-state index contributed by atoms with van der Waals surface area (Å²) in [6.45, 7) is 3.79. The largest absolute Gasteiger partial charge is 0.493 e. The number of esters is 1. The highest BCUT2D eigenvalue weighted by Crippen LogP contribution is 2.33. The third-order valence-electron chi connectivity index (χ3n) is 4.93. The number of amides is 1. The van der Waals surface area contributed by atoms with E-state index < -0.39 is 18.0 Å². The molecule has 1 amide bonds. The summed E-state index contributed by atoms with van der Waals surface area (Å²) in [7, 11) is 0. The fourth-order valence-corrected chi connectivity index (χ4v) is 3.52. The molecule has 0 saturated carbocycles. The maximum atomic E-state index is 12.9. The summed E-state index contributed by atoms with van der Waals surface area (Å²) in [5.74, 6) is 0.140. The van der Waals surface area contributed by atoms with Gasteiger partial charge in [0, 0.05) is 23.4 Å². The second-order valence-corrected chi connectivity index (χ2v) is 7.15. The third-order valence-corrected chi connectivity index (χ3v) is 4.93. The summed E-state index contributed by atoms with van der Waals surface area (Å²) in [5.41, 5.74) is 3.27. The van der Waals surface area contributed by atoms with Crippen molar-refractivity contribution in [3.63, 3.8) is 0 Å². The van der Waals surface area contributed by atoms with E-state index in [9.17, 15) is 9.59 Å². The molecule has 0 aliphatic rings. The van der Waals surface area contributed by atoms with Crippen LogP contribution in [-0.2, 0) is 14.3 Å². The number of para-hydroxylation sites is 1. The second kappa shape index (κ2) is 9.34. The summed E-state index contributed by atoms with van der Waals surface area (Å²) in [6.07, 6.45) is -1.07. The predicted octanol–water partition coefficient (Wildman–Crippen LogP) is 4.87. The Labute approximate surface area is 185 Å². The minimum Gasteiger partial charge on any atom is -0.493 e. The summed E-state index contributed by atoms with van der Waals surface area (Å²) < 4.78 is 11.0. The number of nitrogens with zero attached hydrogens (tertiary/aromatic N) is 1. The summed E-state index contributed by atoms with van der Waals surface area (Å²) in [6, 6.07) is 22.5. The number of ether oxygens (including phenoxy) is 2. The van der Waals surface area contributed by atoms with Crippen LogP contribution in [0.1, 0.15) is 25.5 Å². The lowest BCUT2D eigenvalue weighted by molar-refractivity contribution is -0.152. The first-order valence-corrected chi connectivity index (χ1v) is 10.3. The van der Waals surface area contributed by atoms with Crippen LogP contribution in [0.3, 0.4) is 0 Å². The van der Waals surface area contributed by atoms with Crippen molar-refractivity contribution in [1.82, 2.24) is 10.2 Å². The number of hydrogen-bond acceptors (Lipinski definition) is 5. The average molecular weight is 429 g/mol. The fraction of sp³-hybridized carbons (Fsp3) is 0.160. The van der Waals surface area contributed by atoms with Gasteiger partial charge in [-0.25, -0.2) is 0 Å². The molecule has 162 valence electrons. The lowest BCUT2D eigenvalue weighted by Gasteiger charge is -2.16. The third kappa shape index (κ3) is 4.46. The number of hydrogen-bond donors (Lipinski definition) is 2. The average Bonchev–Trinajstić information content (AvgIpc) is 3.20. The molecule has 0 spiro atoms. The van der Waals surface area contributed by atoms with Gasteiger partial charge in [0.1, 0.15) is 5.75 Å². The van der Waals surface area contributed by atoms with Crippen molar-refractivity contribution in [2.75, 3.05) is 11.9 Å². The van der Waals surface area contributed by atoms with E-state index in [1.807, 2.05) is 55.5 Å². The monoisotopic (exact) mass is 429 g/mol. The molecule has 7 nitrogen and oxygen atoms in total. The Morgan fingerprint density at radius 3 is 2.53 bits per heavy atom. The van der Waals surface area contributed by atoms with E-state index in [4.69, 9.17) is 9.47 Å². The molecule has 0 fully saturated rings. The number of carbonyl (C=O) groups is 2. The summed E-state index contributed by atoms with van der Waals surface area (Å²) in [5, 5.41) is 10.7. The minimum absolute atomic E-state index is 0.364. The van der Waals surface area contributed by atoms with Crippen molar-refractivity contribution in [3.05, 3.63) is 78.4 Å². The Kier molecular flexibility index (Phi) is 6.17. The van der Waals surface area contributed by atoms with Gasteiger partial charge in [0.05, 0.1) is 12.1 Å². The van der Waals surface area contributed by atoms with Gasteiger partial charge in [-0.1, -0.05) is 54.6 Å². The van der Waals surface area contributed by atoms with Crippen molar-refractivity contribution < 1.29 is 19.1 Å². The van der Waals surface area contributed by atoms with Crippen LogP contribution in [0.25, 0.3) is 22.0 Å². The highest BCUT2D eigenvalue weighted by molar-refractivity contribution is 6.03.